The molecule has 2 atom stereocenters. The number of nitrogens with one attached hydrogen (secondary N) is 1. The van der Waals surface area contributed by atoms with Crippen LogP contribution in [0.2, 0.25) is 0 Å². The lowest BCUT2D eigenvalue weighted by Crippen LogP contribution is -2.42. The second-order valence-corrected chi connectivity index (χ2v) is 5.22. The molecular weight excluding hydrogens is 172 g/mol. The maximum Gasteiger partial charge on any atom is 0.00219 e. The van der Waals surface area contributed by atoms with Crippen LogP contribution in [0.25, 0.3) is 0 Å². The van der Waals surface area contributed by atoms with E-state index in [0.29, 0.717) is 0 Å². The zero-order valence-electron chi connectivity index (χ0n) is 9.47. The fourth-order valence-corrected chi connectivity index (χ4v) is 2.90. The first-order valence-electron chi connectivity index (χ1n) is 6.27. The largest absolute Gasteiger partial charge is 0.316 e. The molecule has 0 radical (unpaired) electrons. The van der Waals surface area contributed by atoms with Crippen LogP contribution in [0.4, 0.5) is 0 Å². The van der Waals surface area contributed by atoms with Gasteiger partial charge in [-0.2, -0.15) is 0 Å². The molecule has 0 aromatic carbocycles. The lowest BCUT2D eigenvalue weighted by atomic mass is 9.95. The lowest BCUT2D eigenvalue weighted by Gasteiger charge is -2.35. The quantitative estimate of drug-likeness (QED) is 0.723. The zero-order chi connectivity index (χ0) is 9.80. The van der Waals surface area contributed by atoms with Crippen molar-refractivity contribution in [3.8, 4) is 0 Å². The predicted molar refractivity (Wildman–Crippen MR) is 60.4 cm³/mol. The van der Waals surface area contributed by atoms with E-state index in [4.69, 9.17) is 0 Å². The van der Waals surface area contributed by atoms with Crippen molar-refractivity contribution in [1.29, 1.82) is 0 Å². The summed E-state index contributed by atoms with van der Waals surface area (Å²) in [5, 5.41) is 3.51. The molecule has 2 saturated heterocycles. The molecule has 0 saturated carbocycles. The van der Waals surface area contributed by atoms with Crippen molar-refractivity contribution in [3.05, 3.63) is 0 Å². The third-order valence-electron chi connectivity index (χ3n) is 3.66. The second-order valence-electron chi connectivity index (χ2n) is 5.22. The summed E-state index contributed by atoms with van der Waals surface area (Å²) in [4.78, 5) is 2.69. The van der Waals surface area contributed by atoms with Crippen molar-refractivity contribution < 1.29 is 0 Å². The van der Waals surface area contributed by atoms with Gasteiger partial charge in [0.15, 0.2) is 0 Å². The summed E-state index contributed by atoms with van der Waals surface area (Å²) in [6.45, 7) is 8.93. The molecule has 0 aromatic heterocycles. The van der Waals surface area contributed by atoms with E-state index in [1.54, 1.807) is 0 Å². The molecule has 2 heteroatoms. The van der Waals surface area contributed by atoms with Crippen LogP contribution in [0.3, 0.4) is 0 Å². The zero-order valence-corrected chi connectivity index (χ0v) is 9.47. The van der Waals surface area contributed by atoms with E-state index in [2.05, 4.69) is 17.1 Å². The van der Waals surface area contributed by atoms with Gasteiger partial charge in [-0.05, 0) is 57.2 Å². The molecule has 2 fully saturated rings. The monoisotopic (exact) mass is 196 g/mol. The van der Waals surface area contributed by atoms with Crippen molar-refractivity contribution in [2.45, 2.75) is 32.6 Å². The van der Waals surface area contributed by atoms with Gasteiger partial charge in [0.25, 0.3) is 0 Å². The summed E-state index contributed by atoms with van der Waals surface area (Å²) in [5.74, 6) is 1.86. The molecule has 2 heterocycles. The lowest BCUT2D eigenvalue weighted by molar-refractivity contribution is 0.148. The van der Waals surface area contributed by atoms with Gasteiger partial charge in [0.05, 0.1) is 0 Å². The minimum atomic E-state index is 0.925. The molecule has 0 bridgehead atoms. The standard InChI is InChI=1S/C12H24N2/c1-11-4-3-7-14(9-11)10-12-5-2-6-13-8-12/h11-13H,2-10H2,1H3/t11-,12-/m0/s1. The highest BCUT2D eigenvalue weighted by Gasteiger charge is 2.20. The Hall–Kier alpha value is -0.0800. The molecule has 2 aliphatic heterocycles. The molecule has 1 N–H and O–H groups in total. The maximum absolute atomic E-state index is 3.51. The molecule has 2 rings (SSSR count). The van der Waals surface area contributed by atoms with Crippen molar-refractivity contribution in [2.75, 3.05) is 32.7 Å². The van der Waals surface area contributed by atoms with Crippen LogP contribution >= 0.6 is 0 Å². The molecular formula is C12H24N2. The van der Waals surface area contributed by atoms with Crippen LogP contribution < -0.4 is 5.32 Å². The fourth-order valence-electron chi connectivity index (χ4n) is 2.90. The van der Waals surface area contributed by atoms with Crippen molar-refractivity contribution in [1.82, 2.24) is 10.2 Å². The topological polar surface area (TPSA) is 15.3 Å². The summed E-state index contributed by atoms with van der Waals surface area (Å²) in [6, 6.07) is 0. The van der Waals surface area contributed by atoms with Gasteiger partial charge in [0.1, 0.15) is 0 Å². The van der Waals surface area contributed by atoms with E-state index in [1.807, 2.05) is 0 Å². The molecule has 0 amide bonds. The molecule has 14 heavy (non-hydrogen) atoms. The van der Waals surface area contributed by atoms with Crippen LogP contribution in [-0.4, -0.2) is 37.6 Å². The summed E-state index contributed by atoms with van der Waals surface area (Å²) in [6.07, 6.45) is 5.69. The number of likely N-dealkylation sites (tertiary alicyclic amines) is 1. The van der Waals surface area contributed by atoms with E-state index in [-0.39, 0.29) is 0 Å². The van der Waals surface area contributed by atoms with Gasteiger partial charge in [-0.3, -0.25) is 0 Å². The third-order valence-corrected chi connectivity index (χ3v) is 3.66. The van der Waals surface area contributed by atoms with Crippen LogP contribution in [0.5, 0.6) is 0 Å². The average Bonchev–Trinajstić information content (AvgIpc) is 2.19. The Balaban J connectivity index is 1.72. The SMILES string of the molecule is C[C@H]1CCCN(C[C@H]2CCCNC2)C1. The van der Waals surface area contributed by atoms with Crippen LogP contribution in [0.15, 0.2) is 0 Å². The van der Waals surface area contributed by atoms with Gasteiger partial charge in [0.2, 0.25) is 0 Å². The fraction of sp³-hybridized carbons (Fsp3) is 1.00. The van der Waals surface area contributed by atoms with E-state index < -0.39 is 0 Å². The third kappa shape index (κ3) is 2.96. The Morgan fingerprint density at radius 1 is 1.29 bits per heavy atom. The summed E-state index contributed by atoms with van der Waals surface area (Å²) in [7, 11) is 0. The van der Waals surface area contributed by atoms with Gasteiger partial charge in [-0.1, -0.05) is 6.92 Å². The van der Waals surface area contributed by atoms with Gasteiger partial charge >= 0.3 is 0 Å². The molecule has 0 aromatic rings. The van der Waals surface area contributed by atoms with Crippen molar-refractivity contribution in [2.24, 2.45) is 11.8 Å². The Labute approximate surface area is 88.1 Å². The number of nitrogens with zero attached hydrogens (tertiary/aromatic N) is 1. The van der Waals surface area contributed by atoms with E-state index >= 15 is 0 Å². The number of hydrogen-bond donors (Lipinski definition) is 1. The Kier molecular flexibility index (Phi) is 3.82. The second kappa shape index (κ2) is 5.13. The Morgan fingerprint density at radius 2 is 2.21 bits per heavy atom. The van der Waals surface area contributed by atoms with Crippen LogP contribution in [-0.2, 0) is 0 Å². The maximum atomic E-state index is 3.51. The molecule has 82 valence electrons. The van der Waals surface area contributed by atoms with Crippen LogP contribution in [0.1, 0.15) is 32.6 Å². The normalized spacial score (nSPS) is 35.8. The predicted octanol–water partition coefficient (Wildman–Crippen LogP) is 1.72. The smallest absolute Gasteiger partial charge is 0.00219 e. The average molecular weight is 196 g/mol. The highest BCUT2D eigenvalue weighted by Crippen LogP contribution is 2.18. The molecule has 0 aliphatic carbocycles. The van der Waals surface area contributed by atoms with E-state index in [0.717, 1.165) is 11.8 Å². The van der Waals surface area contributed by atoms with Gasteiger partial charge in [-0.15, -0.1) is 0 Å². The number of rotatable bonds is 2. The molecule has 2 nitrogen and oxygen atoms in total. The van der Waals surface area contributed by atoms with E-state index in [1.165, 1.54) is 58.4 Å². The molecule has 2 aliphatic rings. The minimum absolute atomic E-state index is 0.925. The first-order chi connectivity index (χ1) is 6.84. The highest BCUT2D eigenvalue weighted by molar-refractivity contribution is 4.76. The first-order valence-corrected chi connectivity index (χ1v) is 6.27. The first kappa shape index (κ1) is 10.4. The Morgan fingerprint density at radius 3 is 2.93 bits per heavy atom. The Bertz CT molecular complexity index is 164. The summed E-state index contributed by atoms with van der Waals surface area (Å²) >= 11 is 0. The van der Waals surface area contributed by atoms with Gasteiger partial charge in [-0.25, -0.2) is 0 Å². The highest BCUT2D eigenvalue weighted by atomic mass is 15.1. The summed E-state index contributed by atoms with van der Waals surface area (Å²) < 4.78 is 0. The van der Waals surface area contributed by atoms with Crippen LogP contribution in [0, 0.1) is 11.8 Å². The van der Waals surface area contributed by atoms with E-state index in [9.17, 15) is 0 Å². The molecule has 0 unspecified atom stereocenters. The molecule has 0 spiro atoms. The van der Waals surface area contributed by atoms with Gasteiger partial charge < -0.3 is 10.2 Å². The minimum Gasteiger partial charge on any atom is -0.316 e. The summed E-state index contributed by atoms with van der Waals surface area (Å²) in [5.41, 5.74) is 0. The van der Waals surface area contributed by atoms with Crippen molar-refractivity contribution in [3.63, 3.8) is 0 Å². The number of hydrogen-bond acceptors (Lipinski definition) is 2. The van der Waals surface area contributed by atoms with Crippen molar-refractivity contribution >= 4 is 0 Å². The van der Waals surface area contributed by atoms with Gasteiger partial charge in [0, 0.05) is 13.1 Å². The number of piperidine rings is 2.